The van der Waals surface area contributed by atoms with Crippen LogP contribution in [-0.4, -0.2) is 38.6 Å². The number of aryl methyl sites for hydroxylation is 2. The highest BCUT2D eigenvalue weighted by atomic mass is 35.5. The molecule has 2 aromatic carbocycles. The summed E-state index contributed by atoms with van der Waals surface area (Å²) < 4.78 is 0. The number of carbonyl (C=O) groups excluding carboxylic acids is 1. The summed E-state index contributed by atoms with van der Waals surface area (Å²) >= 11 is 5.81. The molecule has 0 saturated heterocycles. The zero-order chi connectivity index (χ0) is 29.8. The summed E-state index contributed by atoms with van der Waals surface area (Å²) in [5.74, 6) is -0.181. The molecule has 1 aromatic heterocycles. The van der Waals surface area contributed by atoms with Crippen molar-refractivity contribution in [2.75, 3.05) is 18.0 Å². The van der Waals surface area contributed by atoms with Crippen molar-refractivity contribution in [3.63, 3.8) is 0 Å². The summed E-state index contributed by atoms with van der Waals surface area (Å²) in [7, 11) is 0. The number of aromatic hydroxyl groups is 1. The van der Waals surface area contributed by atoms with E-state index in [9.17, 15) is 15.0 Å². The lowest BCUT2D eigenvalue weighted by atomic mass is 9.93. The fraction of sp³-hybridized carbons (Fsp3) is 0.400. The molecular formula is C30H40ClN7O3. The predicted molar refractivity (Wildman–Crippen MR) is 164 cm³/mol. The molecule has 0 fully saturated rings. The molecule has 0 saturated carbocycles. The smallest absolute Gasteiger partial charge is 0.280 e. The van der Waals surface area contributed by atoms with E-state index in [0.29, 0.717) is 18.9 Å². The number of hydrogen-bond acceptors (Lipinski definition) is 8. The van der Waals surface area contributed by atoms with E-state index in [0.717, 1.165) is 50.5 Å². The minimum atomic E-state index is -0.656. The summed E-state index contributed by atoms with van der Waals surface area (Å²) in [5.41, 5.74) is 20.2. The van der Waals surface area contributed by atoms with Crippen molar-refractivity contribution >= 4 is 35.1 Å². The van der Waals surface area contributed by atoms with Crippen LogP contribution in [0.3, 0.4) is 0 Å². The first kappa shape index (κ1) is 31.6. The molecule has 0 aliphatic rings. The number of benzene rings is 2. The van der Waals surface area contributed by atoms with E-state index in [2.05, 4.69) is 51.5 Å². The molecule has 0 bridgehead atoms. The second-order valence-electron chi connectivity index (χ2n) is 10.3. The number of nitrogens with one attached hydrogen (secondary N) is 1. The van der Waals surface area contributed by atoms with Crippen molar-refractivity contribution in [3.05, 3.63) is 76.1 Å². The van der Waals surface area contributed by atoms with Gasteiger partial charge >= 0.3 is 0 Å². The van der Waals surface area contributed by atoms with E-state index < -0.39 is 12.0 Å². The van der Waals surface area contributed by atoms with E-state index >= 15 is 0 Å². The topological polar surface area (TPSA) is 186 Å². The first-order valence-electron chi connectivity index (χ1n) is 13.9. The van der Waals surface area contributed by atoms with Gasteiger partial charge in [0.15, 0.2) is 28.4 Å². The highest BCUT2D eigenvalue weighted by Crippen LogP contribution is 2.25. The molecule has 10 nitrogen and oxygen atoms in total. The molecule has 0 aliphatic carbocycles. The zero-order valence-corrected chi connectivity index (χ0v) is 24.1. The molecule has 3 aromatic rings. The maximum atomic E-state index is 12.3. The van der Waals surface area contributed by atoms with Crippen LogP contribution in [0.25, 0.3) is 0 Å². The fourth-order valence-electron chi connectivity index (χ4n) is 4.48. The number of amides is 1. The number of hydrogen-bond donors (Lipinski definition) is 6. The zero-order valence-electron chi connectivity index (χ0n) is 23.4. The van der Waals surface area contributed by atoms with E-state index in [-0.39, 0.29) is 34.2 Å². The van der Waals surface area contributed by atoms with Crippen molar-refractivity contribution in [3.8, 4) is 5.75 Å². The van der Waals surface area contributed by atoms with Crippen molar-refractivity contribution < 1.29 is 15.0 Å². The number of nitrogens with zero attached hydrogens (tertiary/aromatic N) is 3. The van der Waals surface area contributed by atoms with Crippen LogP contribution in [-0.2, 0) is 12.8 Å². The van der Waals surface area contributed by atoms with Crippen LogP contribution in [0, 0.1) is 5.92 Å². The summed E-state index contributed by atoms with van der Waals surface area (Å²) in [4.78, 5) is 24.1. The number of guanidine groups is 1. The van der Waals surface area contributed by atoms with Crippen LogP contribution < -0.4 is 22.5 Å². The number of nitrogen functional groups attached to an aromatic ring is 2. The minimum absolute atomic E-state index is 0.0320. The average molecular weight is 582 g/mol. The van der Waals surface area contributed by atoms with Crippen LogP contribution in [0.5, 0.6) is 5.75 Å². The Morgan fingerprint density at radius 3 is 2.34 bits per heavy atom. The number of phenols is 1. The van der Waals surface area contributed by atoms with Crippen molar-refractivity contribution in [1.29, 1.82) is 0 Å². The second kappa shape index (κ2) is 15.8. The van der Waals surface area contributed by atoms with Crippen molar-refractivity contribution in [1.82, 2.24) is 15.3 Å². The maximum absolute atomic E-state index is 12.3. The quantitative estimate of drug-likeness (QED) is 0.0909. The Kier molecular flexibility index (Phi) is 12.2. The maximum Gasteiger partial charge on any atom is 0.280 e. The Morgan fingerprint density at radius 2 is 1.66 bits per heavy atom. The SMILES string of the molecule is CC(CCCc1ccc(CCCCN=C(N)NC(=O)c2nc(Cl)c(N)nc2N)cc1)CC[C@H](O)c1cccc(O)c1. The normalized spacial score (nSPS) is 13.1. The standard InChI is InChI=1S/C30H40ClN7O3/c1-19(11-16-24(40)22-9-5-10-23(39)18-22)6-4-8-21-14-12-20(13-15-21)7-2-3-17-35-30(34)38-29(41)25-27(32)37-28(33)26(31)36-25/h5,9-10,12-15,18-19,24,39-40H,2-4,6-8,11,16-17H2,1H3,(H4,32,33,37)(H3,34,35,38,41)/t19?,24-/m0/s1. The van der Waals surface area contributed by atoms with Gasteiger partial charge in [-0.2, -0.15) is 0 Å². The lowest BCUT2D eigenvalue weighted by Crippen LogP contribution is -2.38. The molecule has 9 N–H and O–H groups in total. The number of aliphatic imine (C=N–C) groups is 1. The minimum Gasteiger partial charge on any atom is -0.508 e. The molecule has 11 heteroatoms. The Hall–Kier alpha value is -3.89. The van der Waals surface area contributed by atoms with Gasteiger partial charge in [-0.05, 0) is 79.7 Å². The number of rotatable bonds is 14. The third-order valence-electron chi connectivity index (χ3n) is 6.89. The van der Waals surface area contributed by atoms with Crippen molar-refractivity contribution in [2.45, 2.75) is 64.4 Å². The molecule has 0 spiro atoms. The third kappa shape index (κ3) is 10.5. The van der Waals surface area contributed by atoms with Crippen LogP contribution >= 0.6 is 11.6 Å². The number of aromatic nitrogens is 2. The molecule has 0 radical (unpaired) electrons. The molecule has 220 valence electrons. The average Bonchev–Trinajstić information content (AvgIpc) is 2.94. The monoisotopic (exact) mass is 581 g/mol. The summed E-state index contributed by atoms with van der Waals surface area (Å²) in [6, 6.07) is 15.6. The van der Waals surface area contributed by atoms with Gasteiger partial charge in [-0.25, -0.2) is 9.97 Å². The van der Waals surface area contributed by atoms with E-state index in [1.165, 1.54) is 11.1 Å². The number of unbranched alkanes of at least 4 members (excludes halogenated alkanes) is 1. The highest BCUT2D eigenvalue weighted by Gasteiger charge is 2.16. The molecule has 1 unspecified atom stereocenters. The van der Waals surface area contributed by atoms with E-state index in [1.807, 2.05) is 6.07 Å². The molecule has 41 heavy (non-hydrogen) atoms. The predicted octanol–water partition coefficient (Wildman–Crippen LogP) is 4.54. The van der Waals surface area contributed by atoms with Crippen LogP contribution in [0.15, 0.2) is 53.5 Å². The second-order valence-corrected chi connectivity index (χ2v) is 10.7. The molecule has 0 aliphatic heterocycles. The Morgan fingerprint density at radius 1 is 0.976 bits per heavy atom. The van der Waals surface area contributed by atoms with E-state index in [1.54, 1.807) is 18.2 Å². The summed E-state index contributed by atoms with van der Waals surface area (Å²) in [6.45, 7) is 2.70. The first-order chi connectivity index (χ1) is 19.6. The Labute approximate surface area is 246 Å². The number of anilines is 2. The number of aliphatic hydroxyl groups is 1. The van der Waals surface area contributed by atoms with Gasteiger partial charge in [0, 0.05) is 6.54 Å². The lowest BCUT2D eigenvalue weighted by molar-refractivity contribution is 0.0972. The molecule has 2 atom stereocenters. The Bertz CT molecular complexity index is 1320. The number of halogens is 1. The van der Waals surface area contributed by atoms with Crippen LogP contribution in [0.1, 0.15) is 78.7 Å². The van der Waals surface area contributed by atoms with Gasteiger partial charge in [0.25, 0.3) is 5.91 Å². The summed E-state index contributed by atoms with van der Waals surface area (Å²) in [5, 5.41) is 22.3. The highest BCUT2D eigenvalue weighted by molar-refractivity contribution is 6.31. The van der Waals surface area contributed by atoms with Gasteiger partial charge in [0.1, 0.15) is 5.75 Å². The van der Waals surface area contributed by atoms with Gasteiger partial charge in [0.05, 0.1) is 6.10 Å². The molecule has 1 amide bonds. The largest absolute Gasteiger partial charge is 0.508 e. The Balaban J connectivity index is 1.30. The molecule has 3 rings (SSSR count). The number of aliphatic hydroxyl groups excluding tert-OH is 1. The van der Waals surface area contributed by atoms with Crippen LogP contribution in [0.4, 0.5) is 11.6 Å². The van der Waals surface area contributed by atoms with E-state index in [4.69, 9.17) is 28.8 Å². The van der Waals surface area contributed by atoms with Crippen molar-refractivity contribution in [2.24, 2.45) is 16.6 Å². The van der Waals surface area contributed by atoms with Gasteiger partial charge in [-0.3, -0.25) is 15.1 Å². The number of nitrogens with two attached hydrogens (primary N) is 3. The van der Waals surface area contributed by atoms with Gasteiger partial charge < -0.3 is 27.4 Å². The van der Waals surface area contributed by atoms with Gasteiger partial charge in [0.2, 0.25) is 0 Å². The third-order valence-corrected chi connectivity index (χ3v) is 7.17. The molecule has 1 heterocycles. The van der Waals surface area contributed by atoms with Gasteiger partial charge in [-0.15, -0.1) is 0 Å². The number of phenolic OH excluding ortho intramolecular Hbond substituents is 1. The number of carbonyl (C=O) groups is 1. The first-order valence-corrected chi connectivity index (χ1v) is 14.2. The molecular weight excluding hydrogens is 542 g/mol. The van der Waals surface area contributed by atoms with Gasteiger partial charge in [-0.1, -0.05) is 61.3 Å². The summed E-state index contributed by atoms with van der Waals surface area (Å²) in [6.07, 6.45) is 6.99. The van der Waals surface area contributed by atoms with Crippen LogP contribution in [0.2, 0.25) is 5.15 Å². The fourth-order valence-corrected chi connectivity index (χ4v) is 4.60. The lowest BCUT2D eigenvalue weighted by Gasteiger charge is -2.15.